The van der Waals surface area contributed by atoms with Gasteiger partial charge in [0.2, 0.25) is 5.95 Å². The van der Waals surface area contributed by atoms with Crippen LogP contribution in [0.3, 0.4) is 0 Å². The van der Waals surface area contributed by atoms with Gasteiger partial charge in [-0.3, -0.25) is 9.78 Å². The van der Waals surface area contributed by atoms with Crippen LogP contribution in [-0.4, -0.2) is 52.9 Å². The number of aromatic nitrogens is 3. The number of hydrogen-bond donors (Lipinski definition) is 1. The van der Waals surface area contributed by atoms with Gasteiger partial charge in [-0.1, -0.05) is 6.07 Å². The van der Waals surface area contributed by atoms with E-state index in [9.17, 15) is 4.79 Å². The standard InChI is InChI=1S/C18H21N5O3/c24-16(21-13-14-3-1-2-7-19-14)15-4-8-20-17(22-15)23-9-5-18(6-10-23)25-11-12-26-18/h1-4,7-8H,5-6,9-13H2,(H,21,24). The van der Waals surface area contributed by atoms with Crippen molar-refractivity contribution in [1.29, 1.82) is 0 Å². The van der Waals surface area contributed by atoms with Crippen LogP contribution >= 0.6 is 0 Å². The Labute approximate surface area is 151 Å². The Morgan fingerprint density at radius 2 is 1.92 bits per heavy atom. The fraction of sp³-hybridized carbons (Fsp3) is 0.444. The molecule has 0 saturated carbocycles. The number of pyridine rings is 1. The molecule has 0 radical (unpaired) electrons. The summed E-state index contributed by atoms with van der Waals surface area (Å²) in [6.07, 6.45) is 4.86. The number of carbonyl (C=O) groups is 1. The number of rotatable bonds is 4. The summed E-state index contributed by atoms with van der Waals surface area (Å²) >= 11 is 0. The van der Waals surface area contributed by atoms with Crippen molar-refractivity contribution in [2.24, 2.45) is 0 Å². The molecule has 0 aliphatic carbocycles. The van der Waals surface area contributed by atoms with Crippen molar-refractivity contribution in [2.45, 2.75) is 25.2 Å². The van der Waals surface area contributed by atoms with E-state index in [1.807, 2.05) is 18.2 Å². The largest absolute Gasteiger partial charge is 0.347 e. The highest BCUT2D eigenvalue weighted by molar-refractivity contribution is 5.92. The molecule has 2 aliphatic rings. The lowest BCUT2D eigenvalue weighted by Gasteiger charge is -2.37. The zero-order valence-electron chi connectivity index (χ0n) is 14.4. The topological polar surface area (TPSA) is 89.5 Å². The van der Waals surface area contributed by atoms with Crippen molar-refractivity contribution in [3.05, 3.63) is 48.0 Å². The predicted molar refractivity (Wildman–Crippen MR) is 93.5 cm³/mol. The molecule has 2 saturated heterocycles. The molecule has 1 amide bonds. The second kappa shape index (κ2) is 7.35. The predicted octanol–water partition coefficient (Wildman–Crippen LogP) is 1.14. The summed E-state index contributed by atoms with van der Waals surface area (Å²) in [5, 5.41) is 2.83. The SMILES string of the molecule is O=C(NCc1ccccn1)c1ccnc(N2CCC3(CC2)OCCO3)n1. The van der Waals surface area contributed by atoms with Crippen LogP contribution in [0, 0.1) is 0 Å². The van der Waals surface area contributed by atoms with E-state index in [1.54, 1.807) is 18.5 Å². The molecule has 8 nitrogen and oxygen atoms in total. The molecule has 26 heavy (non-hydrogen) atoms. The highest BCUT2D eigenvalue weighted by Gasteiger charge is 2.40. The molecule has 2 aliphatic heterocycles. The summed E-state index contributed by atoms with van der Waals surface area (Å²) in [4.78, 5) is 27.4. The normalized spacial score (nSPS) is 18.8. The zero-order chi connectivity index (χ0) is 17.8. The summed E-state index contributed by atoms with van der Waals surface area (Å²) in [6, 6.07) is 7.21. The first-order valence-corrected chi connectivity index (χ1v) is 8.78. The van der Waals surface area contributed by atoms with Crippen LogP contribution in [0.2, 0.25) is 0 Å². The van der Waals surface area contributed by atoms with E-state index >= 15 is 0 Å². The maximum absolute atomic E-state index is 12.4. The van der Waals surface area contributed by atoms with Crippen LogP contribution in [0.5, 0.6) is 0 Å². The van der Waals surface area contributed by atoms with Crippen molar-refractivity contribution in [3.8, 4) is 0 Å². The van der Waals surface area contributed by atoms with Gasteiger partial charge >= 0.3 is 0 Å². The van der Waals surface area contributed by atoms with Crippen LogP contribution in [-0.2, 0) is 16.0 Å². The minimum Gasteiger partial charge on any atom is -0.347 e. The molecule has 1 spiro atoms. The Balaban J connectivity index is 1.38. The molecule has 2 aromatic heterocycles. The van der Waals surface area contributed by atoms with E-state index in [0.717, 1.165) is 31.6 Å². The lowest BCUT2D eigenvalue weighted by molar-refractivity contribution is -0.169. The van der Waals surface area contributed by atoms with Crippen LogP contribution in [0.4, 0.5) is 5.95 Å². The number of ether oxygens (including phenoxy) is 2. The first kappa shape index (κ1) is 16.9. The van der Waals surface area contributed by atoms with Gasteiger partial charge in [-0.25, -0.2) is 9.97 Å². The molecular weight excluding hydrogens is 334 g/mol. The highest BCUT2D eigenvalue weighted by Crippen LogP contribution is 2.32. The molecule has 4 rings (SSSR count). The van der Waals surface area contributed by atoms with Crippen molar-refractivity contribution in [3.63, 3.8) is 0 Å². The molecule has 2 fully saturated rings. The molecule has 0 bridgehead atoms. The number of anilines is 1. The second-order valence-electron chi connectivity index (χ2n) is 6.34. The van der Waals surface area contributed by atoms with Crippen molar-refractivity contribution in [2.75, 3.05) is 31.2 Å². The molecule has 0 unspecified atom stereocenters. The van der Waals surface area contributed by atoms with Crippen LogP contribution in [0.25, 0.3) is 0 Å². The minimum atomic E-state index is -0.436. The van der Waals surface area contributed by atoms with E-state index in [0.29, 0.717) is 31.4 Å². The van der Waals surface area contributed by atoms with Gasteiger partial charge in [0, 0.05) is 38.3 Å². The summed E-state index contributed by atoms with van der Waals surface area (Å²) < 4.78 is 11.5. The maximum Gasteiger partial charge on any atom is 0.270 e. The molecule has 8 heteroatoms. The van der Waals surface area contributed by atoms with Gasteiger partial charge in [0.05, 0.1) is 25.5 Å². The maximum atomic E-state index is 12.4. The average molecular weight is 355 g/mol. The third-order valence-electron chi connectivity index (χ3n) is 4.65. The molecule has 2 aromatic rings. The summed E-state index contributed by atoms with van der Waals surface area (Å²) in [7, 11) is 0. The highest BCUT2D eigenvalue weighted by atomic mass is 16.7. The monoisotopic (exact) mass is 355 g/mol. The molecule has 136 valence electrons. The van der Waals surface area contributed by atoms with Gasteiger partial charge in [0.15, 0.2) is 5.79 Å². The molecule has 1 N–H and O–H groups in total. The fourth-order valence-electron chi connectivity index (χ4n) is 3.22. The van der Waals surface area contributed by atoms with Gasteiger partial charge < -0.3 is 19.7 Å². The van der Waals surface area contributed by atoms with Gasteiger partial charge in [-0.05, 0) is 18.2 Å². The molecule has 0 aromatic carbocycles. The average Bonchev–Trinajstić information content (AvgIpc) is 3.15. The number of piperidine rings is 1. The number of nitrogens with zero attached hydrogens (tertiary/aromatic N) is 4. The Bertz CT molecular complexity index is 754. The third kappa shape index (κ3) is 3.66. The second-order valence-corrected chi connectivity index (χ2v) is 6.34. The minimum absolute atomic E-state index is 0.241. The summed E-state index contributed by atoms with van der Waals surface area (Å²) in [5.74, 6) is -0.118. The quantitative estimate of drug-likeness (QED) is 0.880. The zero-order valence-corrected chi connectivity index (χ0v) is 14.4. The van der Waals surface area contributed by atoms with E-state index < -0.39 is 5.79 Å². The number of carbonyl (C=O) groups excluding carboxylic acids is 1. The lowest BCUT2D eigenvalue weighted by atomic mass is 10.0. The van der Waals surface area contributed by atoms with Gasteiger partial charge in [0.25, 0.3) is 5.91 Å². The number of amides is 1. The number of hydrogen-bond acceptors (Lipinski definition) is 7. The van der Waals surface area contributed by atoms with Crippen LogP contribution < -0.4 is 10.2 Å². The smallest absolute Gasteiger partial charge is 0.270 e. The summed E-state index contributed by atoms with van der Waals surface area (Å²) in [6.45, 7) is 3.14. The fourth-order valence-corrected chi connectivity index (χ4v) is 3.22. The first-order valence-electron chi connectivity index (χ1n) is 8.78. The van der Waals surface area contributed by atoms with E-state index in [1.165, 1.54) is 0 Å². The lowest BCUT2D eigenvalue weighted by Crippen LogP contribution is -2.45. The third-order valence-corrected chi connectivity index (χ3v) is 4.65. The first-order chi connectivity index (χ1) is 12.7. The van der Waals surface area contributed by atoms with Crippen LogP contribution in [0.1, 0.15) is 29.0 Å². The van der Waals surface area contributed by atoms with Gasteiger partial charge in [-0.15, -0.1) is 0 Å². The van der Waals surface area contributed by atoms with E-state index in [-0.39, 0.29) is 5.91 Å². The van der Waals surface area contributed by atoms with Crippen molar-refractivity contribution in [1.82, 2.24) is 20.3 Å². The Hall–Kier alpha value is -2.58. The molecule has 4 heterocycles. The molecular formula is C18H21N5O3. The van der Waals surface area contributed by atoms with E-state index in [2.05, 4.69) is 25.2 Å². The Morgan fingerprint density at radius 3 is 2.65 bits per heavy atom. The van der Waals surface area contributed by atoms with Gasteiger partial charge in [0.1, 0.15) is 5.69 Å². The summed E-state index contributed by atoms with van der Waals surface area (Å²) in [5.41, 5.74) is 1.15. The van der Waals surface area contributed by atoms with Crippen LogP contribution in [0.15, 0.2) is 36.7 Å². The van der Waals surface area contributed by atoms with Gasteiger partial charge in [-0.2, -0.15) is 0 Å². The van der Waals surface area contributed by atoms with E-state index in [4.69, 9.17) is 9.47 Å². The Kier molecular flexibility index (Phi) is 4.77. The molecule has 0 atom stereocenters. The van der Waals surface area contributed by atoms with Crippen molar-refractivity contribution < 1.29 is 14.3 Å². The van der Waals surface area contributed by atoms with Crippen molar-refractivity contribution >= 4 is 11.9 Å². The number of nitrogens with one attached hydrogen (secondary N) is 1. The Morgan fingerprint density at radius 1 is 1.12 bits per heavy atom.